The fraction of sp³-hybridized carbons (Fsp3) is 0.353. The molecule has 0 spiro atoms. The minimum Gasteiger partial charge on any atom is -0.459 e. The second kappa shape index (κ2) is 6.04. The van der Waals surface area contributed by atoms with Crippen LogP contribution in [0.2, 0.25) is 0 Å². The molecule has 2 aromatic rings. The summed E-state index contributed by atoms with van der Waals surface area (Å²) >= 11 is 0. The van der Waals surface area contributed by atoms with Crippen LogP contribution in [0.1, 0.15) is 22.5 Å². The first kappa shape index (κ1) is 13.7. The molecule has 2 heterocycles. The van der Waals surface area contributed by atoms with Crippen LogP contribution in [0, 0.1) is 12.8 Å². The van der Waals surface area contributed by atoms with Crippen molar-refractivity contribution < 1.29 is 9.21 Å². The molecule has 1 aromatic carbocycles. The Morgan fingerprint density at radius 2 is 2.14 bits per heavy atom. The molecule has 1 N–H and O–H groups in total. The van der Waals surface area contributed by atoms with E-state index in [0.29, 0.717) is 18.2 Å². The van der Waals surface area contributed by atoms with Gasteiger partial charge in [0.25, 0.3) is 5.91 Å². The van der Waals surface area contributed by atoms with E-state index in [9.17, 15) is 4.79 Å². The first-order valence-corrected chi connectivity index (χ1v) is 7.36. The molecule has 1 fully saturated rings. The molecule has 0 bridgehead atoms. The van der Waals surface area contributed by atoms with Crippen molar-refractivity contribution in [2.24, 2.45) is 5.92 Å². The van der Waals surface area contributed by atoms with E-state index in [0.717, 1.165) is 25.1 Å². The van der Waals surface area contributed by atoms with Crippen molar-refractivity contribution in [2.75, 3.05) is 24.5 Å². The number of aryl methyl sites for hydroxylation is 1. The molecule has 1 aliphatic rings. The number of hydrogen-bond acceptors (Lipinski definition) is 3. The summed E-state index contributed by atoms with van der Waals surface area (Å²) in [5.74, 6) is 0.799. The Balaban J connectivity index is 1.52. The molecular weight excluding hydrogens is 264 g/mol. The van der Waals surface area contributed by atoms with Crippen molar-refractivity contribution >= 4 is 11.6 Å². The average molecular weight is 284 g/mol. The second-order valence-electron chi connectivity index (χ2n) is 5.58. The standard InChI is InChI=1S/C17H20N2O2/c1-13-8-10-21-16(13)17(20)18-11-14-7-9-19(12-14)15-5-3-2-4-6-15/h2-6,8,10,14H,7,9,11-12H2,1H3,(H,18,20). The summed E-state index contributed by atoms with van der Waals surface area (Å²) in [6, 6.07) is 12.2. The summed E-state index contributed by atoms with van der Waals surface area (Å²) in [6.45, 7) is 4.61. The molecule has 4 heteroatoms. The predicted molar refractivity (Wildman–Crippen MR) is 82.5 cm³/mol. The van der Waals surface area contributed by atoms with Crippen molar-refractivity contribution in [3.05, 3.63) is 54.0 Å². The van der Waals surface area contributed by atoms with Gasteiger partial charge in [0.1, 0.15) is 0 Å². The Labute approximate surface area is 124 Å². The van der Waals surface area contributed by atoms with Crippen molar-refractivity contribution in [1.29, 1.82) is 0 Å². The second-order valence-corrected chi connectivity index (χ2v) is 5.58. The molecule has 1 unspecified atom stereocenters. The molecule has 4 nitrogen and oxygen atoms in total. The molecule has 1 amide bonds. The Kier molecular flexibility index (Phi) is 3.95. The molecule has 0 aliphatic carbocycles. The van der Waals surface area contributed by atoms with Crippen LogP contribution < -0.4 is 10.2 Å². The molecule has 1 saturated heterocycles. The smallest absolute Gasteiger partial charge is 0.287 e. The van der Waals surface area contributed by atoms with E-state index >= 15 is 0 Å². The van der Waals surface area contributed by atoms with Crippen molar-refractivity contribution in [3.63, 3.8) is 0 Å². The summed E-state index contributed by atoms with van der Waals surface area (Å²) in [6.07, 6.45) is 2.66. The third kappa shape index (κ3) is 3.10. The Morgan fingerprint density at radius 3 is 2.86 bits per heavy atom. The van der Waals surface area contributed by atoms with Gasteiger partial charge in [-0.3, -0.25) is 4.79 Å². The number of nitrogens with one attached hydrogen (secondary N) is 1. The number of carbonyl (C=O) groups is 1. The largest absolute Gasteiger partial charge is 0.459 e. The third-order valence-electron chi connectivity index (χ3n) is 4.03. The van der Waals surface area contributed by atoms with Crippen LogP contribution in [0.3, 0.4) is 0 Å². The summed E-state index contributed by atoms with van der Waals surface area (Å²) in [5.41, 5.74) is 2.14. The highest BCUT2D eigenvalue weighted by atomic mass is 16.3. The highest BCUT2D eigenvalue weighted by molar-refractivity contribution is 5.92. The maximum absolute atomic E-state index is 12.0. The van der Waals surface area contributed by atoms with Crippen molar-refractivity contribution in [2.45, 2.75) is 13.3 Å². The Hall–Kier alpha value is -2.23. The topological polar surface area (TPSA) is 45.5 Å². The van der Waals surface area contributed by atoms with Crippen LogP contribution in [0.15, 0.2) is 47.1 Å². The number of nitrogens with zero attached hydrogens (tertiary/aromatic N) is 1. The summed E-state index contributed by atoms with van der Waals surface area (Å²) in [4.78, 5) is 14.4. The number of hydrogen-bond donors (Lipinski definition) is 1. The highest BCUT2D eigenvalue weighted by Crippen LogP contribution is 2.23. The molecule has 3 rings (SSSR count). The quantitative estimate of drug-likeness (QED) is 0.939. The first-order valence-electron chi connectivity index (χ1n) is 7.36. The molecular formula is C17H20N2O2. The fourth-order valence-electron chi connectivity index (χ4n) is 2.80. The van der Waals surface area contributed by atoms with Gasteiger partial charge in [-0.15, -0.1) is 0 Å². The highest BCUT2D eigenvalue weighted by Gasteiger charge is 2.23. The van der Waals surface area contributed by atoms with Gasteiger partial charge in [0.05, 0.1) is 6.26 Å². The lowest BCUT2D eigenvalue weighted by atomic mass is 10.1. The van der Waals surface area contributed by atoms with Crippen LogP contribution in [0.5, 0.6) is 0 Å². The van der Waals surface area contributed by atoms with Gasteiger partial charge in [-0.25, -0.2) is 0 Å². The number of carbonyl (C=O) groups excluding carboxylic acids is 1. The van der Waals surface area contributed by atoms with E-state index in [1.165, 1.54) is 5.69 Å². The monoisotopic (exact) mass is 284 g/mol. The molecule has 1 aliphatic heterocycles. The number of benzene rings is 1. The molecule has 110 valence electrons. The number of furan rings is 1. The minimum atomic E-state index is -0.115. The Bertz CT molecular complexity index is 606. The third-order valence-corrected chi connectivity index (χ3v) is 4.03. The van der Waals surface area contributed by atoms with Crippen LogP contribution in [-0.4, -0.2) is 25.5 Å². The van der Waals surface area contributed by atoms with Gasteiger partial charge in [-0.05, 0) is 37.5 Å². The average Bonchev–Trinajstić information content (AvgIpc) is 3.15. The van der Waals surface area contributed by atoms with Crippen LogP contribution >= 0.6 is 0 Å². The lowest BCUT2D eigenvalue weighted by Gasteiger charge is -2.18. The summed E-state index contributed by atoms with van der Waals surface area (Å²) in [5, 5.41) is 2.98. The molecule has 1 aromatic heterocycles. The number of amides is 1. The first-order chi connectivity index (χ1) is 10.2. The van der Waals surface area contributed by atoms with Gasteiger partial charge in [-0.2, -0.15) is 0 Å². The number of para-hydroxylation sites is 1. The summed E-state index contributed by atoms with van der Waals surface area (Å²) < 4.78 is 5.21. The van der Waals surface area contributed by atoms with Gasteiger partial charge >= 0.3 is 0 Å². The maximum atomic E-state index is 12.0. The van der Waals surface area contributed by atoms with Gasteiger partial charge in [0.15, 0.2) is 5.76 Å². The Morgan fingerprint density at radius 1 is 1.33 bits per heavy atom. The van der Waals surface area contributed by atoms with E-state index < -0.39 is 0 Å². The van der Waals surface area contributed by atoms with E-state index in [1.54, 1.807) is 6.26 Å². The molecule has 21 heavy (non-hydrogen) atoms. The SMILES string of the molecule is Cc1ccoc1C(=O)NCC1CCN(c2ccccc2)C1. The lowest BCUT2D eigenvalue weighted by molar-refractivity contribution is 0.0919. The summed E-state index contributed by atoms with van der Waals surface area (Å²) in [7, 11) is 0. The number of anilines is 1. The number of rotatable bonds is 4. The maximum Gasteiger partial charge on any atom is 0.287 e. The fourth-order valence-corrected chi connectivity index (χ4v) is 2.80. The van der Waals surface area contributed by atoms with Gasteiger partial charge < -0.3 is 14.6 Å². The van der Waals surface area contributed by atoms with Crippen molar-refractivity contribution in [1.82, 2.24) is 5.32 Å². The van der Waals surface area contributed by atoms with Crippen molar-refractivity contribution in [3.8, 4) is 0 Å². The van der Waals surface area contributed by atoms with E-state index in [2.05, 4.69) is 34.5 Å². The van der Waals surface area contributed by atoms with E-state index in [4.69, 9.17) is 4.42 Å². The van der Waals surface area contributed by atoms with E-state index in [1.807, 2.05) is 19.1 Å². The zero-order valence-corrected chi connectivity index (χ0v) is 12.2. The molecule has 0 saturated carbocycles. The van der Waals surface area contributed by atoms with Gasteiger partial charge in [0.2, 0.25) is 0 Å². The predicted octanol–water partition coefficient (Wildman–Crippen LogP) is 2.84. The van der Waals surface area contributed by atoms with E-state index in [-0.39, 0.29) is 5.91 Å². The lowest BCUT2D eigenvalue weighted by Crippen LogP contribution is -2.31. The van der Waals surface area contributed by atoms with Crippen LogP contribution in [0.4, 0.5) is 5.69 Å². The zero-order valence-electron chi connectivity index (χ0n) is 12.2. The molecule has 1 atom stereocenters. The minimum absolute atomic E-state index is 0.115. The van der Waals surface area contributed by atoms with Gasteiger partial charge in [0, 0.05) is 30.9 Å². The van der Waals surface area contributed by atoms with Crippen LogP contribution in [-0.2, 0) is 0 Å². The normalized spacial score (nSPS) is 18.0. The molecule has 0 radical (unpaired) electrons. The van der Waals surface area contributed by atoms with Gasteiger partial charge in [-0.1, -0.05) is 18.2 Å². The van der Waals surface area contributed by atoms with Crippen LogP contribution in [0.25, 0.3) is 0 Å². The zero-order chi connectivity index (χ0) is 14.7.